The zero-order valence-electron chi connectivity index (χ0n) is 17.4. The number of alkyl halides is 3. The van der Waals surface area contributed by atoms with E-state index in [4.69, 9.17) is 0 Å². The summed E-state index contributed by atoms with van der Waals surface area (Å²) in [5, 5.41) is 10.2. The molecule has 1 aliphatic rings. The molecule has 2 heterocycles. The van der Waals surface area contributed by atoms with Crippen molar-refractivity contribution in [2.24, 2.45) is 12.5 Å². The third-order valence-corrected chi connectivity index (χ3v) is 5.57. The molecular weight excluding hydrogens is 415 g/mol. The van der Waals surface area contributed by atoms with E-state index in [-0.39, 0.29) is 12.5 Å². The van der Waals surface area contributed by atoms with Gasteiger partial charge in [-0.1, -0.05) is 19.1 Å². The average molecular weight is 439 g/mol. The maximum atomic E-state index is 13.6. The van der Waals surface area contributed by atoms with Crippen molar-refractivity contribution in [1.82, 2.24) is 19.7 Å². The Labute approximate surface area is 177 Å². The number of anilines is 1. The van der Waals surface area contributed by atoms with E-state index in [0.29, 0.717) is 12.1 Å². The molecule has 1 saturated heterocycles. The van der Waals surface area contributed by atoms with Crippen molar-refractivity contribution in [3.8, 4) is 0 Å². The Bertz CT molecular complexity index is 962. The maximum absolute atomic E-state index is 13.6. The molecule has 0 spiro atoms. The number of rotatable bonds is 5. The number of likely N-dealkylation sites (tertiary alicyclic amines) is 1. The maximum Gasteiger partial charge on any atom is 0.419 e. The molecule has 2 atom stereocenters. The summed E-state index contributed by atoms with van der Waals surface area (Å²) in [6.07, 6.45) is -4.31. The highest BCUT2D eigenvalue weighted by Gasteiger charge is 2.64. The van der Waals surface area contributed by atoms with Gasteiger partial charge in [0.15, 0.2) is 5.41 Å². The van der Waals surface area contributed by atoms with Crippen molar-refractivity contribution in [2.45, 2.75) is 31.9 Å². The van der Waals surface area contributed by atoms with Gasteiger partial charge < -0.3 is 14.2 Å². The molecule has 1 aromatic carbocycles. The summed E-state index contributed by atoms with van der Waals surface area (Å²) >= 11 is 0. The topological polar surface area (TPSA) is 89.4 Å². The van der Waals surface area contributed by atoms with Crippen LogP contribution in [-0.2, 0) is 23.0 Å². The van der Waals surface area contributed by atoms with Crippen LogP contribution in [-0.4, -0.2) is 58.0 Å². The largest absolute Gasteiger partial charge is 0.419 e. The van der Waals surface area contributed by atoms with Crippen molar-refractivity contribution >= 4 is 17.7 Å². The molecule has 1 N–H and O–H groups in total. The lowest BCUT2D eigenvalue weighted by molar-refractivity contribution is -0.226. The SMILES string of the molecule is C[C@H](Cc1nncn1C)c1cccc(NC(=O)OC(=O)C2(C(F)(F)F)CCN(C)C2)c1. The summed E-state index contributed by atoms with van der Waals surface area (Å²) in [7, 11) is 3.32. The van der Waals surface area contributed by atoms with Crippen LogP contribution in [0.3, 0.4) is 0 Å². The highest BCUT2D eigenvalue weighted by atomic mass is 19.4. The Balaban J connectivity index is 1.66. The molecule has 1 aromatic heterocycles. The molecule has 0 saturated carbocycles. The van der Waals surface area contributed by atoms with Gasteiger partial charge in [-0.15, -0.1) is 10.2 Å². The quantitative estimate of drug-likeness (QED) is 0.569. The number of carbonyl (C=O) groups is 2. The molecule has 8 nitrogen and oxygen atoms in total. The van der Waals surface area contributed by atoms with Crippen molar-refractivity contribution in [2.75, 3.05) is 25.5 Å². The number of aryl methyl sites for hydroxylation is 1. The smallest absolute Gasteiger partial charge is 0.375 e. The second-order valence-corrected chi connectivity index (χ2v) is 7.96. The van der Waals surface area contributed by atoms with E-state index in [1.807, 2.05) is 20.0 Å². The number of halogens is 3. The van der Waals surface area contributed by atoms with Crippen LogP contribution in [0.25, 0.3) is 0 Å². The lowest BCUT2D eigenvalue weighted by atomic mass is 9.86. The van der Waals surface area contributed by atoms with Gasteiger partial charge in [0.2, 0.25) is 0 Å². The summed E-state index contributed by atoms with van der Waals surface area (Å²) in [4.78, 5) is 25.8. The Kier molecular flexibility index (Phi) is 6.35. The van der Waals surface area contributed by atoms with E-state index in [2.05, 4.69) is 20.3 Å². The monoisotopic (exact) mass is 439 g/mol. The van der Waals surface area contributed by atoms with Crippen LogP contribution in [0.4, 0.5) is 23.7 Å². The number of hydrogen-bond donors (Lipinski definition) is 1. The van der Waals surface area contributed by atoms with E-state index in [1.54, 1.807) is 29.1 Å². The highest BCUT2D eigenvalue weighted by molar-refractivity contribution is 5.95. The third kappa shape index (κ3) is 4.87. The molecular formula is C20H24F3N5O3. The Morgan fingerprint density at radius 2 is 2.06 bits per heavy atom. The molecule has 2 aromatic rings. The van der Waals surface area contributed by atoms with Crippen LogP contribution in [0, 0.1) is 5.41 Å². The molecule has 31 heavy (non-hydrogen) atoms. The molecule has 11 heteroatoms. The van der Waals surface area contributed by atoms with Gasteiger partial charge in [0.1, 0.15) is 12.2 Å². The molecule has 3 rings (SSSR count). The van der Waals surface area contributed by atoms with Crippen molar-refractivity contribution < 1.29 is 27.5 Å². The number of nitrogens with one attached hydrogen (secondary N) is 1. The number of benzene rings is 1. The van der Waals surface area contributed by atoms with E-state index < -0.39 is 36.6 Å². The van der Waals surface area contributed by atoms with Crippen molar-refractivity contribution in [3.63, 3.8) is 0 Å². The summed E-state index contributed by atoms with van der Waals surface area (Å²) in [5.74, 6) is -0.770. The fraction of sp³-hybridized carbons (Fsp3) is 0.500. The number of esters is 1. The molecule has 0 radical (unpaired) electrons. The first kappa shape index (κ1) is 22.7. The number of ether oxygens (including phenoxy) is 1. The second kappa shape index (κ2) is 8.66. The molecule has 1 unspecified atom stereocenters. The van der Waals surface area contributed by atoms with Gasteiger partial charge in [0, 0.05) is 25.7 Å². The van der Waals surface area contributed by atoms with Crippen molar-refractivity contribution in [1.29, 1.82) is 0 Å². The third-order valence-electron chi connectivity index (χ3n) is 5.57. The van der Waals surface area contributed by atoms with Crippen molar-refractivity contribution in [3.05, 3.63) is 42.0 Å². The summed E-state index contributed by atoms with van der Waals surface area (Å²) in [6, 6.07) is 6.79. The number of carbonyl (C=O) groups excluding carboxylic acids is 2. The normalized spacial score (nSPS) is 20.5. The van der Waals surface area contributed by atoms with Gasteiger partial charge in [-0.25, -0.2) is 4.79 Å². The Morgan fingerprint density at radius 1 is 1.32 bits per heavy atom. The zero-order valence-corrected chi connectivity index (χ0v) is 17.4. The van der Waals surface area contributed by atoms with E-state index in [9.17, 15) is 22.8 Å². The first-order valence-corrected chi connectivity index (χ1v) is 9.73. The second-order valence-electron chi connectivity index (χ2n) is 7.96. The minimum atomic E-state index is -4.82. The minimum Gasteiger partial charge on any atom is -0.375 e. The minimum absolute atomic E-state index is 0.0322. The zero-order chi connectivity index (χ0) is 22.8. The summed E-state index contributed by atoms with van der Waals surface area (Å²) in [5.41, 5.74) is -1.52. The fourth-order valence-electron chi connectivity index (χ4n) is 3.65. The van der Waals surface area contributed by atoms with E-state index in [0.717, 1.165) is 11.4 Å². The van der Waals surface area contributed by atoms with E-state index >= 15 is 0 Å². The standard InChI is InChI=1S/C20H24F3N5O3/c1-13(9-16-26-24-12-28(16)3)14-5-4-6-15(10-14)25-18(30)31-17(29)19(20(21,22)23)7-8-27(2)11-19/h4-6,10,12-13H,7-9,11H2,1-3H3,(H,25,30)/t13-,19?/m1/s1. The van der Waals surface area contributed by atoms with Gasteiger partial charge in [0.25, 0.3) is 0 Å². The van der Waals surface area contributed by atoms with Gasteiger partial charge in [-0.05, 0) is 43.6 Å². The molecule has 1 amide bonds. The van der Waals surface area contributed by atoms with Gasteiger partial charge in [-0.3, -0.25) is 10.1 Å². The lowest BCUT2D eigenvalue weighted by Gasteiger charge is -2.28. The van der Waals surface area contributed by atoms with Gasteiger partial charge in [0.05, 0.1) is 0 Å². The molecule has 1 aliphatic heterocycles. The van der Waals surface area contributed by atoms with Crippen LogP contribution in [0.1, 0.15) is 30.7 Å². The van der Waals surface area contributed by atoms with Crippen LogP contribution in [0.2, 0.25) is 0 Å². The molecule has 0 bridgehead atoms. The molecule has 1 fully saturated rings. The van der Waals surface area contributed by atoms with Crippen LogP contribution < -0.4 is 5.32 Å². The van der Waals surface area contributed by atoms with Crippen LogP contribution in [0.15, 0.2) is 30.6 Å². The number of nitrogens with zero attached hydrogens (tertiary/aromatic N) is 4. The van der Waals surface area contributed by atoms with Gasteiger partial charge in [-0.2, -0.15) is 13.2 Å². The Morgan fingerprint density at radius 3 is 2.65 bits per heavy atom. The highest BCUT2D eigenvalue weighted by Crippen LogP contribution is 2.46. The average Bonchev–Trinajstić information content (AvgIpc) is 3.28. The molecule has 168 valence electrons. The fourth-order valence-corrected chi connectivity index (χ4v) is 3.65. The number of hydrogen-bond acceptors (Lipinski definition) is 6. The number of aromatic nitrogens is 3. The predicted molar refractivity (Wildman–Crippen MR) is 105 cm³/mol. The summed E-state index contributed by atoms with van der Waals surface area (Å²) in [6.45, 7) is 1.51. The van der Waals surface area contributed by atoms with E-state index in [1.165, 1.54) is 11.9 Å². The predicted octanol–water partition coefficient (Wildman–Crippen LogP) is 3.12. The lowest BCUT2D eigenvalue weighted by Crippen LogP contribution is -2.48. The summed E-state index contributed by atoms with van der Waals surface area (Å²) < 4.78 is 47.1. The first-order valence-electron chi connectivity index (χ1n) is 9.73. The Hall–Kier alpha value is -2.95. The first-order chi connectivity index (χ1) is 14.5. The number of amides is 1. The van der Waals surface area contributed by atoms with Crippen LogP contribution >= 0.6 is 0 Å². The van der Waals surface area contributed by atoms with Crippen LogP contribution in [0.5, 0.6) is 0 Å². The molecule has 0 aliphatic carbocycles. The van der Waals surface area contributed by atoms with Gasteiger partial charge >= 0.3 is 18.2 Å².